The van der Waals surface area contributed by atoms with Gasteiger partial charge in [0.05, 0.1) is 0 Å². The van der Waals surface area contributed by atoms with E-state index in [1.807, 2.05) is 49.4 Å². The first-order valence-electron chi connectivity index (χ1n) is 7.32. The summed E-state index contributed by atoms with van der Waals surface area (Å²) in [5.41, 5.74) is 1.97. The highest BCUT2D eigenvalue weighted by atomic mass is 16.5. The van der Waals surface area contributed by atoms with Crippen molar-refractivity contribution in [2.75, 3.05) is 12.4 Å². The van der Waals surface area contributed by atoms with Crippen LogP contribution in [0.15, 0.2) is 59.7 Å². The molecule has 0 radical (unpaired) electrons. The molecule has 0 atom stereocenters. The number of aromatic nitrogens is 1. The van der Waals surface area contributed by atoms with Gasteiger partial charge in [0.15, 0.2) is 0 Å². The Labute approximate surface area is 131 Å². The van der Waals surface area contributed by atoms with Crippen LogP contribution in [0, 0.1) is 6.92 Å². The maximum Gasteiger partial charge on any atom is 0.222 e. The average molecular weight is 295 g/mol. The van der Waals surface area contributed by atoms with E-state index in [9.17, 15) is 0 Å². The molecule has 114 valence electrons. The molecule has 1 heterocycles. The molecule has 4 heteroatoms. The number of ether oxygens (including phenoxy) is 1. The van der Waals surface area contributed by atoms with Gasteiger partial charge in [0.2, 0.25) is 5.88 Å². The van der Waals surface area contributed by atoms with Gasteiger partial charge in [-0.2, -0.15) is 0 Å². The lowest BCUT2D eigenvalue weighted by Gasteiger charge is -2.09. The number of aryl methyl sites for hydroxylation is 1. The van der Waals surface area contributed by atoms with Gasteiger partial charge in [0.25, 0.3) is 0 Å². The first-order chi connectivity index (χ1) is 10.7. The van der Waals surface area contributed by atoms with Gasteiger partial charge in [-0.15, -0.1) is 0 Å². The van der Waals surface area contributed by atoms with Crippen LogP contribution in [0.3, 0.4) is 0 Å². The zero-order valence-electron chi connectivity index (χ0n) is 13.2. The standard InChI is InChI=1S/C18H21N3O/c1-4-5-8-17(19-3)21-15-9-11-16(12-10-15)22-18-14(2)7-6-13-20-18/h5-13H,4H2,1-3H3,(H,19,21)/b8-5-. The third kappa shape index (κ3) is 4.45. The highest BCUT2D eigenvalue weighted by molar-refractivity contribution is 6.03. The number of aliphatic imine (C=N–C) groups is 1. The molecule has 1 aromatic heterocycles. The van der Waals surface area contributed by atoms with Gasteiger partial charge in [-0.1, -0.05) is 19.1 Å². The highest BCUT2D eigenvalue weighted by Gasteiger charge is 2.02. The van der Waals surface area contributed by atoms with E-state index in [0.29, 0.717) is 5.88 Å². The predicted octanol–water partition coefficient (Wildman–Crippen LogP) is 4.59. The van der Waals surface area contributed by atoms with Crippen LogP contribution in [0.4, 0.5) is 5.69 Å². The lowest BCUT2D eigenvalue weighted by Crippen LogP contribution is -2.08. The summed E-state index contributed by atoms with van der Waals surface area (Å²) >= 11 is 0. The predicted molar refractivity (Wildman–Crippen MR) is 91.9 cm³/mol. The van der Waals surface area contributed by atoms with E-state index in [4.69, 9.17) is 4.74 Å². The first kappa shape index (κ1) is 15.8. The lowest BCUT2D eigenvalue weighted by atomic mass is 10.3. The molecule has 0 fully saturated rings. The largest absolute Gasteiger partial charge is 0.439 e. The first-order valence-corrected chi connectivity index (χ1v) is 7.32. The van der Waals surface area contributed by atoms with Crippen LogP contribution in [0.25, 0.3) is 0 Å². The molecule has 0 unspecified atom stereocenters. The molecule has 1 aromatic carbocycles. The van der Waals surface area contributed by atoms with Gasteiger partial charge in [0.1, 0.15) is 11.6 Å². The molecule has 4 nitrogen and oxygen atoms in total. The van der Waals surface area contributed by atoms with Crippen LogP contribution in [0.5, 0.6) is 11.6 Å². The minimum Gasteiger partial charge on any atom is -0.439 e. The summed E-state index contributed by atoms with van der Waals surface area (Å²) in [7, 11) is 1.77. The number of nitrogens with zero attached hydrogens (tertiary/aromatic N) is 2. The lowest BCUT2D eigenvalue weighted by molar-refractivity contribution is 0.459. The van der Waals surface area contributed by atoms with Gasteiger partial charge < -0.3 is 10.1 Å². The molecule has 22 heavy (non-hydrogen) atoms. The topological polar surface area (TPSA) is 46.5 Å². The van der Waals surface area contributed by atoms with Crippen molar-refractivity contribution >= 4 is 11.5 Å². The fourth-order valence-electron chi connectivity index (χ4n) is 1.85. The second kappa shape index (κ2) is 7.98. The van der Waals surface area contributed by atoms with E-state index < -0.39 is 0 Å². The van der Waals surface area contributed by atoms with Crippen LogP contribution in [0.1, 0.15) is 18.9 Å². The summed E-state index contributed by atoms with van der Waals surface area (Å²) in [5.74, 6) is 2.22. The summed E-state index contributed by atoms with van der Waals surface area (Å²) < 4.78 is 5.78. The van der Waals surface area contributed by atoms with E-state index in [1.165, 1.54) is 0 Å². The Hall–Kier alpha value is -2.62. The molecule has 2 rings (SSSR count). The van der Waals surface area contributed by atoms with Crippen molar-refractivity contribution < 1.29 is 4.74 Å². The van der Waals surface area contributed by atoms with Gasteiger partial charge >= 0.3 is 0 Å². The molecule has 0 saturated heterocycles. The van der Waals surface area contributed by atoms with Crippen molar-refractivity contribution in [1.29, 1.82) is 0 Å². The fraction of sp³-hybridized carbons (Fsp3) is 0.222. The summed E-state index contributed by atoms with van der Waals surface area (Å²) in [6, 6.07) is 11.6. The Morgan fingerprint density at radius 2 is 2.05 bits per heavy atom. The minimum atomic E-state index is 0.630. The summed E-state index contributed by atoms with van der Waals surface area (Å²) in [6.07, 6.45) is 6.75. The van der Waals surface area contributed by atoms with Crippen LogP contribution in [0.2, 0.25) is 0 Å². The van der Waals surface area contributed by atoms with Crippen LogP contribution in [-0.2, 0) is 0 Å². The zero-order chi connectivity index (χ0) is 15.8. The second-order valence-corrected chi connectivity index (χ2v) is 4.80. The SMILES string of the molecule is CC/C=C\C(=NC)Nc1ccc(Oc2ncccc2C)cc1. The summed E-state index contributed by atoms with van der Waals surface area (Å²) in [4.78, 5) is 8.43. The number of rotatable bonds is 5. The Kier molecular flexibility index (Phi) is 5.72. The highest BCUT2D eigenvalue weighted by Crippen LogP contribution is 2.23. The number of amidine groups is 1. The van der Waals surface area contributed by atoms with Crippen molar-refractivity contribution in [3.05, 3.63) is 60.3 Å². The molecule has 0 aliphatic carbocycles. The van der Waals surface area contributed by atoms with Gasteiger partial charge in [0, 0.05) is 24.5 Å². The van der Waals surface area contributed by atoms with Crippen LogP contribution < -0.4 is 10.1 Å². The minimum absolute atomic E-state index is 0.630. The zero-order valence-corrected chi connectivity index (χ0v) is 13.2. The van der Waals surface area contributed by atoms with E-state index >= 15 is 0 Å². The van der Waals surface area contributed by atoms with Crippen molar-refractivity contribution in [1.82, 2.24) is 4.98 Å². The average Bonchev–Trinajstić information content (AvgIpc) is 2.55. The number of nitrogens with one attached hydrogen (secondary N) is 1. The summed E-state index contributed by atoms with van der Waals surface area (Å²) in [6.45, 7) is 4.07. The Morgan fingerprint density at radius 3 is 2.68 bits per heavy atom. The van der Waals surface area contributed by atoms with E-state index in [0.717, 1.165) is 29.3 Å². The van der Waals surface area contributed by atoms with Crippen molar-refractivity contribution in [3.8, 4) is 11.6 Å². The Morgan fingerprint density at radius 1 is 1.27 bits per heavy atom. The summed E-state index contributed by atoms with van der Waals surface area (Å²) in [5, 5.41) is 3.26. The van der Waals surface area contributed by atoms with Crippen molar-refractivity contribution in [2.24, 2.45) is 4.99 Å². The molecular weight excluding hydrogens is 274 g/mol. The molecule has 0 amide bonds. The fourth-order valence-corrected chi connectivity index (χ4v) is 1.85. The number of anilines is 1. The number of benzene rings is 1. The molecule has 0 saturated carbocycles. The Bertz CT molecular complexity index is 660. The van der Waals surface area contributed by atoms with Crippen LogP contribution >= 0.6 is 0 Å². The van der Waals surface area contributed by atoms with E-state index in [-0.39, 0.29) is 0 Å². The number of allylic oxidation sites excluding steroid dienone is 1. The van der Waals surface area contributed by atoms with Crippen LogP contribution in [-0.4, -0.2) is 17.9 Å². The monoisotopic (exact) mass is 295 g/mol. The molecule has 1 N–H and O–H groups in total. The molecule has 0 aliphatic rings. The number of hydrogen-bond donors (Lipinski definition) is 1. The molecule has 0 bridgehead atoms. The Balaban J connectivity index is 2.04. The molecular formula is C18H21N3O. The van der Waals surface area contributed by atoms with E-state index in [1.54, 1.807) is 13.2 Å². The van der Waals surface area contributed by atoms with E-state index in [2.05, 4.69) is 28.3 Å². The number of pyridine rings is 1. The second-order valence-electron chi connectivity index (χ2n) is 4.80. The van der Waals surface area contributed by atoms with Gasteiger partial charge in [-0.25, -0.2) is 4.98 Å². The van der Waals surface area contributed by atoms with Gasteiger partial charge in [-0.3, -0.25) is 4.99 Å². The van der Waals surface area contributed by atoms with Crippen molar-refractivity contribution in [3.63, 3.8) is 0 Å². The normalized spacial score (nSPS) is 11.7. The van der Waals surface area contributed by atoms with Gasteiger partial charge in [-0.05, 0) is 49.8 Å². The smallest absolute Gasteiger partial charge is 0.222 e. The number of hydrogen-bond acceptors (Lipinski definition) is 3. The third-order valence-corrected chi connectivity index (χ3v) is 3.05. The quantitative estimate of drug-likeness (QED) is 0.648. The third-order valence-electron chi connectivity index (χ3n) is 3.05. The maximum atomic E-state index is 5.78. The molecule has 0 aliphatic heterocycles. The van der Waals surface area contributed by atoms with Crippen molar-refractivity contribution in [2.45, 2.75) is 20.3 Å². The molecule has 0 spiro atoms. The maximum absolute atomic E-state index is 5.78. The molecule has 2 aromatic rings.